The average Bonchev–Trinajstić information content (AvgIpc) is 3.07. The highest BCUT2D eigenvalue weighted by atomic mass is 16.2. The highest BCUT2D eigenvalue weighted by Crippen LogP contribution is 2.31. The minimum Gasteiger partial charge on any atom is -0.341 e. The van der Waals surface area contributed by atoms with Crippen molar-refractivity contribution in [2.45, 2.75) is 59.4 Å². The Morgan fingerprint density at radius 2 is 1.89 bits per heavy atom. The number of rotatable bonds is 4. The van der Waals surface area contributed by atoms with Gasteiger partial charge in [-0.1, -0.05) is 20.8 Å². The first-order chi connectivity index (χ1) is 8.83. The van der Waals surface area contributed by atoms with Crippen LogP contribution in [0, 0.1) is 17.3 Å². The zero-order valence-electron chi connectivity index (χ0n) is 13.0. The number of hydrogen-bond acceptors (Lipinski definition) is 2. The molecular formula is C16H30N2O. The molecule has 0 aromatic rings. The molecule has 3 nitrogen and oxygen atoms in total. The van der Waals surface area contributed by atoms with E-state index < -0.39 is 0 Å². The largest absolute Gasteiger partial charge is 0.341 e. The molecule has 1 N–H and O–H groups in total. The Balaban J connectivity index is 1.89. The molecule has 2 atom stereocenters. The zero-order valence-corrected chi connectivity index (χ0v) is 13.0. The molecule has 2 unspecified atom stereocenters. The summed E-state index contributed by atoms with van der Waals surface area (Å²) in [4.78, 5) is 13.8. The van der Waals surface area contributed by atoms with Crippen molar-refractivity contribution >= 4 is 5.91 Å². The van der Waals surface area contributed by atoms with Gasteiger partial charge in [0.15, 0.2) is 0 Å². The number of nitrogens with one attached hydrogen (secondary N) is 1. The van der Waals surface area contributed by atoms with Gasteiger partial charge in [-0.05, 0) is 49.5 Å². The first-order valence-electron chi connectivity index (χ1n) is 7.82. The first kappa shape index (κ1) is 14.8. The van der Waals surface area contributed by atoms with Crippen molar-refractivity contribution in [3.63, 3.8) is 0 Å². The van der Waals surface area contributed by atoms with E-state index in [1.165, 1.54) is 25.7 Å². The summed E-state index contributed by atoms with van der Waals surface area (Å²) in [5.74, 6) is 1.79. The van der Waals surface area contributed by atoms with Crippen molar-refractivity contribution in [1.29, 1.82) is 0 Å². The van der Waals surface area contributed by atoms with E-state index in [2.05, 4.69) is 26.1 Å². The second-order valence-electron chi connectivity index (χ2n) is 7.84. The molecule has 19 heavy (non-hydrogen) atoms. The zero-order chi connectivity index (χ0) is 14.0. The van der Waals surface area contributed by atoms with Gasteiger partial charge in [-0.25, -0.2) is 0 Å². The van der Waals surface area contributed by atoms with Crippen LogP contribution in [0.25, 0.3) is 0 Å². The van der Waals surface area contributed by atoms with Gasteiger partial charge in [0.1, 0.15) is 0 Å². The highest BCUT2D eigenvalue weighted by Gasteiger charge is 2.32. The molecule has 2 aliphatic rings. The van der Waals surface area contributed by atoms with E-state index in [1.807, 2.05) is 4.90 Å². The molecule has 0 aromatic carbocycles. The van der Waals surface area contributed by atoms with Gasteiger partial charge in [0.05, 0.1) is 0 Å². The van der Waals surface area contributed by atoms with Crippen molar-refractivity contribution < 1.29 is 4.79 Å². The van der Waals surface area contributed by atoms with Crippen LogP contribution in [0.3, 0.4) is 0 Å². The monoisotopic (exact) mass is 266 g/mol. The molecule has 2 fully saturated rings. The van der Waals surface area contributed by atoms with Crippen LogP contribution in [0.2, 0.25) is 0 Å². The summed E-state index contributed by atoms with van der Waals surface area (Å²) in [6, 6.07) is 0.505. The molecule has 1 aliphatic heterocycles. The number of amides is 1. The van der Waals surface area contributed by atoms with Crippen molar-refractivity contribution in [2.24, 2.45) is 17.3 Å². The smallest absolute Gasteiger partial charge is 0.219 e. The van der Waals surface area contributed by atoms with Crippen LogP contribution in [0.15, 0.2) is 0 Å². The minimum absolute atomic E-state index is 0.233. The highest BCUT2D eigenvalue weighted by molar-refractivity contribution is 5.73. The second-order valence-corrected chi connectivity index (χ2v) is 7.84. The van der Waals surface area contributed by atoms with E-state index in [1.54, 1.807) is 6.92 Å². The summed E-state index contributed by atoms with van der Waals surface area (Å²) in [5.41, 5.74) is 0.353. The maximum absolute atomic E-state index is 11.7. The van der Waals surface area contributed by atoms with Gasteiger partial charge in [0.2, 0.25) is 5.91 Å². The van der Waals surface area contributed by atoms with E-state index >= 15 is 0 Å². The van der Waals surface area contributed by atoms with Crippen molar-refractivity contribution in [3.05, 3.63) is 0 Å². The van der Waals surface area contributed by atoms with Gasteiger partial charge < -0.3 is 10.2 Å². The van der Waals surface area contributed by atoms with Crippen LogP contribution in [0.1, 0.15) is 53.4 Å². The quantitative estimate of drug-likeness (QED) is 0.848. The number of piperidine rings is 1. The van der Waals surface area contributed by atoms with E-state index in [4.69, 9.17) is 0 Å². The van der Waals surface area contributed by atoms with Crippen molar-refractivity contribution in [2.75, 3.05) is 19.6 Å². The Morgan fingerprint density at radius 1 is 1.21 bits per heavy atom. The maximum atomic E-state index is 11.7. The van der Waals surface area contributed by atoms with Crippen LogP contribution in [0.4, 0.5) is 0 Å². The number of hydrogen-bond donors (Lipinski definition) is 1. The first-order valence-corrected chi connectivity index (χ1v) is 7.82. The third-order valence-electron chi connectivity index (χ3n) is 4.28. The normalized spacial score (nSPS) is 28.5. The minimum atomic E-state index is 0.233. The van der Waals surface area contributed by atoms with Gasteiger partial charge in [0, 0.05) is 26.1 Å². The number of likely N-dealkylation sites (tertiary alicyclic amines) is 1. The summed E-state index contributed by atoms with van der Waals surface area (Å²) in [6.45, 7) is 11.6. The van der Waals surface area contributed by atoms with Crippen molar-refractivity contribution in [3.8, 4) is 0 Å². The predicted octanol–water partition coefficient (Wildman–Crippen LogP) is 2.66. The molecule has 2 rings (SSSR count). The lowest BCUT2D eigenvalue weighted by Crippen LogP contribution is -2.51. The number of nitrogens with zero attached hydrogens (tertiary/aromatic N) is 1. The second kappa shape index (κ2) is 5.82. The summed E-state index contributed by atoms with van der Waals surface area (Å²) in [6.07, 6.45) is 5.22. The number of carbonyl (C=O) groups excluding carboxylic acids is 1. The average molecular weight is 266 g/mol. The topological polar surface area (TPSA) is 32.3 Å². The lowest BCUT2D eigenvalue weighted by atomic mass is 9.80. The standard InChI is InChI=1S/C16H30N2O/c1-12(19)18-10-14(8-16(2,3)4)7-15(11-18)17-9-13-5-6-13/h13-15,17H,5-11H2,1-4H3. The Morgan fingerprint density at radius 3 is 2.42 bits per heavy atom. The van der Waals surface area contributed by atoms with Crippen molar-refractivity contribution in [1.82, 2.24) is 10.2 Å². The molecule has 3 heteroatoms. The number of carbonyl (C=O) groups is 1. The molecule has 0 bridgehead atoms. The van der Waals surface area contributed by atoms with Crippen LogP contribution < -0.4 is 5.32 Å². The Labute approximate surface area is 118 Å². The summed E-state index contributed by atoms with van der Waals surface area (Å²) in [7, 11) is 0. The fraction of sp³-hybridized carbons (Fsp3) is 0.938. The predicted molar refractivity (Wildman–Crippen MR) is 78.9 cm³/mol. The summed E-state index contributed by atoms with van der Waals surface area (Å²) in [5, 5.41) is 3.69. The molecule has 1 amide bonds. The van der Waals surface area contributed by atoms with Crippen LogP contribution in [-0.4, -0.2) is 36.5 Å². The van der Waals surface area contributed by atoms with E-state index in [0.29, 0.717) is 17.4 Å². The molecule has 1 heterocycles. The molecule has 0 radical (unpaired) electrons. The molecule has 0 aromatic heterocycles. The Bertz CT molecular complexity index is 317. The fourth-order valence-electron chi connectivity index (χ4n) is 3.28. The lowest BCUT2D eigenvalue weighted by molar-refractivity contribution is -0.131. The van der Waals surface area contributed by atoms with E-state index in [-0.39, 0.29) is 5.91 Å². The Hall–Kier alpha value is -0.570. The molecule has 1 saturated carbocycles. The molecule has 1 saturated heterocycles. The van der Waals surface area contributed by atoms with Gasteiger partial charge in [-0.3, -0.25) is 4.79 Å². The molecule has 110 valence electrons. The molecule has 0 spiro atoms. The Kier molecular flexibility index (Phi) is 4.54. The molecular weight excluding hydrogens is 236 g/mol. The fourth-order valence-corrected chi connectivity index (χ4v) is 3.28. The third-order valence-corrected chi connectivity index (χ3v) is 4.28. The van der Waals surface area contributed by atoms with Crippen LogP contribution in [-0.2, 0) is 4.79 Å². The van der Waals surface area contributed by atoms with E-state index in [9.17, 15) is 4.79 Å². The maximum Gasteiger partial charge on any atom is 0.219 e. The SMILES string of the molecule is CC(=O)N1CC(CC(C)(C)C)CC(NCC2CC2)C1. The van der Waals surface area contributed by atoms with Gasteiger partial charge >= 0.3 is 0 Å². The summed E-state index contributed by atoms with van der Waals surface area (Å²) >= 11 is 0. The van der Waals surface area contributed by atoms with Crippen LogP contribution in [0.5, 0.6) is 0 Å². The van der Waals surface area contributed by atoms with Crippen LogP contribution >= 0.6 is 0 Å². The third kappa shape index (κ3) is 5.13. The molecule has 1 aliphatic carbocycles. The van der Waals surface area contributed by atoms with E-state index in [0.717, 1.165) is 25.6 Å². The van der Waals surface area contributed by atoms with Gasteiger partial charge in [-0.15, -0.1) is 0 Å². The van der Waals surface area contributed by atoms with Gasteiger partial charge in [-0.2, -0.15) is 0 Å². The summed E-state index contributed by atoms with van der Waals surface area (Å²) < 4.78 is 0. The lowest BCUT2D eigenvalue weighted by Gasteiger charge is -2.40. The van der Waals surface area contributed by atoms with Gasteiger partial charge in [0.25, 0.3) is 0 Å².